The van der Waals surface area contributed by atoms with Gasteiger partial charge in [-0.3, -0.25) is 0 Å². The van der Waals surface area contributed by atoms with E-state index in [1.807, 2.05) is 12.1 Å². The average Bonchev–Trinajstić information content (AvgIpc) is 2.73. The number of benzene rings is 1. The fraction of sp³-hybridized carbons (Fsp3) is 0.364. The monoisotopic (exact) mass is 251 g/mol. The Morgan fingerprint density at radius 1 is 1.41 bits per heavy atom. The minimum absolute atomic E-state index is 0.625. The van der Waals surface area contributed by atoms with Crippen LogP contribution in [0.3, 0.4) is 0 Å². The van der Waals surface area contributed by atoms with E-state index in [4.69, 9.17) is 11.6 Å². The summed E-state index contributed by atoms with van der Waals surface area (Å²) in [5, 5.41) is 14.4. The van der Waals surface area contributed by atoms with Crippen LogP contribution in [0.15, 0.2) is 24.3 Å². The van der Waals surface area contributed by atoms with E-state index in [1.165, 1.54) is 5.56 Å². The van der Waals surface area contributed by atoms with Gasteiger partial charge in [0.1, 0.15) is 0 Å². The fourth-order valence-corrected chi connectivity index (χ4v) is 1.67. The van der Waals surface area contributed by atoms with Gasteiger partial charge in [0.15, 0.2) is 0 Å². The molecule has 0 bridgehead atoms. The Hall–Kier alpha value is -1.62. The molecule has 6 heteroatoms. The lowest BCUT2D eigenvalue weighted by molar-refractivity contribution is 0.715. The minimum atomic E-state index is 0.625. The maximum absolute atomic E-state index is 5.68. The number of anilines is 2. The van der Waals surface area contributed by atoms with Crippen LogP contribution >= 0.6 is 11.6 Å². The van der Waals surface area contributed by atoms with Gasteiger partial charge in [-0.15, -0.1) is 11.6 Å². The molecule has 0 unspecified atom stereocenters. The molecule has 90 valence electrons. The van der Waals surface area contributed by atoms with E-state index in [9.17, 15) is 0 Å². The quantitative estimate of drug-likeness (QED) is 0.827. The highest BCUT2D eigenvalue weighted by Gasteiger charge is 2.02. The van der Waals surface area contributed by atoms with Crippen LogP contribution in [0.25, 0.3) is 0 Å². The number of hydrogen-bond acceptors (Lipinski definition) is 4. The second kappa shape index (κ2) is 5.63. The largest absolute Gasteiger partial charge is 0.323 e. The van der Waals surface area contributed by atoms with Crippen molar-refractivity contribution in [1.82, 2.24) is 20.2 Å². The highest BCUT2D eigenvalue weighted by Crippen LogP contribution is 2.15. The molecule has 0 aliphatic heterocycles. The number of rotatable bonds is 5. The summed E-state index contributed by atoms with van der Waals surface area (Å²) in [6, 6.07) is 8.17. The number of aromatic nitrogens is 4. The standard InChI is InChI=1S/C11H14ClN5/c1-17-11(14-15-16-17)13-10-6-2-4-9(8-10)5-3-7-12/h2,4,6,8H,3,5,7H2,1H3,(H,13,14,16). The molecular weight excluding hydrogens is 238 g/mol. The summed E-state index contributed by atoms with van der Waals surface area (Å²) in [4.78, 5) is 0. The zero-order valence-corrected chi connectivity index (χ0v) is 10.4. The topological polar surface area (TPSA) is 55.6 Å². The Bertz CT molecular complexity index is 482. The van der Waals surface area contributed by atoms with Crippen molar-refractivity contribution in [3.63, 3.8) is 0 Å². The van der Waals surface area contributed by atoms with Gasteiger partial charge < -0.3 is 5.32 Å². The molecule has 17 heavy (non-hydrogen) atoms. The van der Waals surface area contributed by atoms with Gasteiger partial charge in [0.2, 0.25) is 5.95 Å². The Morgan fingerprint density at radius 3 is 3.00 bits per heavy atom. The SMILES string of the molecule is Cn1nnnc1Nc1cccc(CCCCl)c1. The van der Waals surface area contributed by atoms with Crippen LogP contribution in [-0.4, -0.2) is 26.1 Å². The number of tetrazole rings is 1. The van der Waals surface area contributed by atoms with E-state index in [0.29, 0.717) is 11.8 Å². The molecule has 0 atom stereocenters. The maximum Gasteiger partial charge on any atom is 0.247 e. The summed E-state index contributed by atoms with van der Waals surface area (Å²) in [7, 11) is 1.79. The van der Waals surface area contributed by atoms with Gasteiger partial charge >= 0.3 is 0 Å². The van der Waals surface area contributed by atoms with Crippen molar-refractivity contribution in [2.45, 2.75) is 12.8 Å². The van der Waals surface area contributed by atoms with E-state index in [0.717, 1.165) is 18.5 Å². The molecule has 1 N–H and O–H groups in total. The van der Waals surface area contributed by atoms with E-state index in [2.05, 4.69) is 33.0 Å². The average molecular weight is 252 g/mol. The van der Waals surface area contributed by atoms with Crippen LogP contribution in [0.1, 0.15) is 12.0 Å². The third-order valence-corrected chi connectivity index (χ3v) is 2.67. The lowest BCUT2D eigenvalue weighted by atomic mass is 10.1. The van der Waals surface area contributed by atoms with Crippen molar-refractivity contribution in [2.75, 3.05) is 11.2 Å². The second-order valence-electron chi connectivity index (χ2n) is 3.74. The lowest BCUT2D eigenvalue weighted by Crippen LogP contribution is -2.00. The zero-order valence-electron chi connectivity index (χ0n) is 9.60. The summed E-state index contributed by atoms with van der Waals surface area (Å²) in [6.07, 6.45) is 1.96. The summed E-state index contributed by atoms with van der Waals surface area (Å²) in [6.45, 7) is 0. The molecule has 0 aliphatic rings. The van der Waals surface area contributed by atoms with Gasteiger partial charge in [-0.05, 0) is 41.0 Å². The summed E-state index contributed by atoms with van der Waals surface area (Å²) in [5.74, 6) is 1.31. The van der Waals surface area contributed by atoms with E-state index < -0.39 is 0 Å². The third-order valence-electron chi connectivity index (χ3n) is 2.40. The Labute approximate surface area is 105 Å². The fourth-order valence-electron chi connectivity index (χ4n) is 1.54. The summed E-state index contributed by atoms with van der Waals surface area (Å²) < 4.78 is 1.59. The first-order valence-electron chi connectivity index (χ1n) is 5.44. The van der Waals surface area contributed by atoms with E-state index >= 15 is 0 Å². The first-order chi connectivity index (χ1) is 8.29. The lowest BCUT2D eigenvalue weighted by Gasteiger charge is -2.06. The molecule has 0 fully saturated rings. The molecule has 0 saturated carbocycles. The molecule has 1 aromatic heterocycles. The van der Waals surface area contributed by atoms with Crippen molar-refractivity contribution >= 4 is 23.2 Å². The first kappa shape index (κ1) is 11.9. The molecule has 0 spiro atoms. The van der Waals surface area contributed by atoms with E-state index in [1.54, 1.807) is 11.7 Å². The predicted octanol–water partition coefficient (Wildman–Crippen LogP) is 2.13. The van der Waals surface area contributed by atoms with Gasteiger partial charge in [-0.2, -0.15) is 0 Å². The number of nitrogens with one attached hydrogen (secondary N) is 1. The molecule has 5 nitrogen and oxygen atoms in total. The van der Waals surface area contributed by atoms with Gasteiger partial charge in [0.25, 0.3) is 0 Å². The van der Waals surface area contributed by atoms with Gasteiger partial charge in [-0.25, -0.2) is 4.68 Å². The molecule has 0 aliphatic carbocycles. The third kappa shape index (κ3) is 3.17. The van der Waals surface area contributed by atoms with Crippen LogP contribution < -0.4 is 5.32 Å². The predicted molar refractivity (Wildman–Crippen MR) is 67.6 cm³/mol. The number of halogens is 1. The van der Waals surface area contributed by atoms with Crippen molar-refractivity contribution in [2.24, 2.45) is 7.05 Å². The highest BCUT2D eigenvalue weighted by molar-refractivity contribution is 6.17. The number of nitrogens with zero attached hydrogens (tertiary/aromatic N) is 4. The van der Waals surface area contributed by atoms with E-state index in [-0.39, 0.29) is 0 Å². The van der Waals surface area contributed by atoms with Crippen molar-refractivity contribution in [3.05, 3.63) is 29.8 Å². The summed E-state index contributed by atoms with van der Waals surface area (Å²) in [5.41, 5.74) is 2.24. The molecule has 0 saturated heterocycles. The van der Waals surface area contributed by atoms with Crippen LogP contribution in [-0.2, 0) is 13.5 Å². The summed E-state index contributed by atoms with van der Waals surface area (Å²) >= 11 is 5.68. The smallest absolute Gasteiger partial charge is 0.247 e. The first-order valence-corrected chi connectivity index (χ1v) is 5.97. The molecular formula is C11H14ClN5. The number of aryl methyl sites for hydroxylation is 2. The van der Waals surface area contributed by atoms with Crippen LogP contribution in [0, 0.1) is 0 Å². The molecule has 0 radical (unpaired) electrons. The van der Waals surface area contributed by atoms with Crippen molar-refractivity contribution in [3.8, 4) is 0 Å². The molecule has 1 heterocycles. The van der Waals surface area contributed by atoms with Gasteiger partial charge in [0, 0.05) is 18.6 Å². The molecule has 2 rings (SSSR count). The van der Waals surface area contributed by atoms with Crippen LogP contribution in [0.4, 0.5) is 11.6 Å². The van der Waals surface area contributed by atoms with Crippen molar-refractivity contribution in [1.29, 1.82) is 0 Å². The maximum atomic E-state index is 5.68. The Kier molecular flexibility index (Phi) is 3.93. The zero-order chi connectivity index (χ0) is 12.1. The Morgan fingerprint density at radius 2 is 2.29 bits per heavy atom. The number of hydrogen-bond donors (Lipinski definition) is 1. The minimum Gasteiger partial charge on any atom is -0.323 e. The van der Waals surface area contributed by atoms with Crippen molar-refractivity contribution < 1.29 is 0 Å². The second-order valence-corrected chi connectivity index (χ2v) is 4.12. The van der Waals surface area contributed by atoms with Gasteiger partial charge in [-0.1, -0.05) is 17.2 Å². The molecule has 0 amide bonds. The molecule has 1 aromatic carbocycles. The highest BCUT2D eigenvalue weighted by atomic mass is 35.5. The van der Waals surface area contributed by atoms with Crippen LogP contribution in [0.2, 0.25) is 0 Å². The number of alkyl halides is 1. The Balaban J connectivity index is 2.08. The normalized spacial score (nSPS) is 10.5. The van der Waals surface area contributed by atoms with Crippen LogP contribution in [0.5, 0.6) is 0 Å². The molecule has 2 aromatic rings. The van der Waals surface area contributed by atoms with Gasteiger partial charge in [0.05, 0.1) is 0 Å².